The summed E-state index contributed by atoms with van der Waals surface area (Å²) >= 11 is 0. The fourth-order valence-corrected chi connectivity index (χ4v) is 4.80. The number of nitrogens with one attached hydrogen (secondary N) is 1. The van der Waals surface area contributed by atoms with E-state index in [0.717, 1.165) is 12.0 Å². The molecule has 3 aliphatic rings. The molecule has 3 fully saturated rings. The lowest BCUT2D eigenvalue weighted by Gasteiger charge is -2.48. The quantitative estimate of drug-likeness (QED) is 0.810. The summed E-state index contributed by atoms with van der Waals surface area (Å²) in [5, 5.41) is 3.85. The van der Waals surface area contributed by atoms with E-state index in [1.807, 2.05) is 0 Å². The van der Waals surface area contributed by atoms with Gasteiger partial charge in [-0.1, -0.05) is 39.0 Å². The first kappa shape index (κ1) is 12.9. The first-order valence-corrected chi connectivity index (χ1v) is 8.32. The number of hydrogen-bond donors (Lipinski definition) is 1. The fraction of sp³-hybridized carbons (Fsp3) is 1.00. The highest BCUT2D eigenvalue weighted by molar-refractivity contribution is 5.00. The van der Waals surface area contributed by atoms with Crippen molar-refractivity contribution in [1.29, 1.82) is 0 Å². The Kier molecular flexibility index (Phi) is 3.95. The molecule has 1 saturated heterocycles. The van der Waals surface area contributed by atoms with E-state index in [1.165, 1.54) is 77.4 Å². The third kappa shape index (κ3) is 2.46. The van der Waals surface area contributed by atoms with Gasteiger partial charge in [-0.2, -0.15) is 0 Å². The largest absolute Gasteiger partial charge is 0.309 e. The second-order valence-corrected chi connectivity index (χ2v) is 6.90. The summed E-state index contributed by atoms with van der Waals surface area (Å²) in [6.07, 6.45) is 13.0. The maximum Gasteiger partial charge on any atom is 0.0309 e. The van der Waals surface area contributed by atoms with E-state index in [1.54, 1.807) is 0 Å². The Labute approximate surface area is 113 Å². The molecule has 0 bridgehead atoms. The van der Waals surface area contributed by atoms with Gasteiger partial charge < -0.3 is 5.32 Å². The van der Waals surface area contributed by atoms with Gasteiger partial charge in [-0.3, -0.25) is 4.90 Å². The molecule has 1 heterocycles. The Morgan fingerprint density at radius 3 is 2.67 bits per heavy atom. The average molecular weight is 250 g/mol. The van der Waals surface area contributed by atoms with Crippen molar-refractivity contribution in [1.82, 2.24) is 10.2 Å². The van der Waals surface area contributed by atoms with E-state index in [-0.39, 0.29) is 0 Å². The van der Waals surface area contributed by atoms with Crippen LogP contribution in [0.4, 0.5) is 0 Å². The zero-order valence-corrected chi connectivity index (χ0v) is 12.1. The molecule has 2 unspecified atom stereocenters. The lowest BCUT2D eigenvalue weighted by atomic mass is 9.80. The van der Waals surface area contributed by atoms with Crippen LogP contribution in [-0.4, -0.2) is 36.1 Å². The molecule has 2 atom stereocenters. The van der Waals surface area contributed by atoms with Gasteiger partial charge in [0.05, 0.1) is 0 Å². The molecule has 0 radical (unpaired) electrons. The minimum Gasteiger partial charge on any atom is -0.309 e. The molecule has 2 saturated carbocycles. The van der Waals surface area contributed by atoms with E-state index in [9.17, 15) is 0 Å². The molecule has 0 aromatic carbocycles. The van der Waals surface area contributed by atoms with Crippen molar-refractivity contribution in [3.05, 3.63) is 0 Å². The van der Waals surface area contributed by atoms with Crippen molar-refractivity contribution in [3.8, 4) is 0 Å². The van der Waals surface area contributed by atoms with Gasteiger partial charge in [0.25, 0.3) is 0 Å². The van der Waals surface area contributed by atoms with Crippen LogP contribution >= 0.6 is 0 Å². The van der Waals surface area contributed by atoms with Crippen molar-refractivity contribution in [2.75, 3.05) is 19.6 Å². The van der Waals surface area contributed by atoms with Crippen LogP contribution in [0, 0.1) is 5.92 Å². The Morgan fingerprint density at radius 2 is 1.89 bits per heavy atom. The highest BCUT2D eigenvalue weighted by atomic mass is 15.2. The van der Waals surface area contributed by atoms with Crippen LogP contribution in [0.25, 0.3) is 0 Å². The van der Waals surface area contributed by atoms with Crippen LogP contribution in [0.15, 0.2) is 0 Å². The molecule has 3 rings (SSSR count). The maximum absolute atomic E-state index is 3.85. The molecular formula is C16H30N2. The molecule has 2 aliphatic carbocycles. The molecule has 104 valence electrons. The summed E-state index contributed by atoms with van der Waals surface area (Å²) in [5.41, 5.74) is 0.508. The third-order valence-corrected chi connectivity index (χ3v) is 5.83. The summed E-state index contributed by atoms with van der Waals surface area (Å²) in [7, 11) is 0. The second kappa shape index (κ2) is 5.50. The lowest BCUT2D eigenvalue weighted by molar-refractivity contribution is 0.0439. The highest BCUT2D eigenvalue weighted by Gasteiger charge is 2.40. The Balaban J connectivity index is 1.67. The van der Waals surface area contributed by atoms with Gasteiger partial charge in [-0.05, 0) is 31.6 Å². The monoisotopic (exact) mass is 250 g/mol. The van der Waals surface area contributed by atoms with E-state index in [2.05, 4.69) is 17.1 Å². The predicted molar refractivity (Wildman–Crippen MR) is 76.8 cm³/mol. The Hall–Kier alpha value is -0.0800. The summed E-state index contributed by atoms with van der Waals surface area (Å²) in [4.78, 5) is 2.87. The van der Waals surface area contributed by atoms with Crippen LogP contribution in [0.2, 0.25) is 0 Å². The molecule has 0 aromatic rings. The first-order valence-electron chi connectivity index (χ1n) is 8.32. The van der Waals surface area contributed by atoms with Gasteiger partial charge >= 0.3 is 0 Å². The molecule has 1 aliphatic heterocycles. The SMILES string of the molecule is CCC1CCCCC1N1CCNC2(CCCC2)C1. The Morgan fingerprint density at radius 1 is 1.11 bits per heavy atom. The van der Waals surface area contributed by atoms with Crippen LogP contribution in [0.3, 0.4) is 0 Å². The van der Waals surface area contributed by atoms with E-state index in [4.69, 9.17) is 0 Å². The summed E-state index contributed by atoms with van der Waals surface area (Å²) in [6, 6.07) is 0.906. The predicted octanol–water partition coefficient (Wildman–Crippen LogP) is 3.17. The van der Waals surface area contributed by atoms with Crippen molar-refractivity contribution in [2.24, 2.45) is 5.92 Å². The lowest BCUT2D eigenvalue weighted by Crippen LogP contribution is -2.62. The number of rotatable bonds is 2. The summed E-state index contributed by atoms with van der Waals surface area (Å²) < 4.78 is 0. The van der Waals surface area contributed by atoms with Gasteiger partial charge in [-0.25, -0.2) is 0 Å². The molecule has 0 amide bonds. The van der Waals surface area contributed by atoms with Gasteiger partial charge in [-0.15, -0.1) is 0 Å². The molecular weight excluding hydrogens is 220 g/mol. The molecule has 2 nitrogen and oxygen atoms in total. The molecule has 0 aromatic heterocycles. The number of nitrogens with zero attached hydrogens (tertiary/aromatic N) is 1. The number of hydrogen-bond acceptors (Lipinski definition) is 2. The van der Waals surface area contributed by atoms with Crippen molar-refractivity contribution in [2.45, 2.75) is 76.3 Å². The standard InChI is InChI=1S/C16H30N2/c1-2-14-7-3-4-8-15(14)18-12-11-17-16(13-18)9-5-6-10-16/h14-15,17H,2-13H2,1H3. The highest BCUT2D eigenvalue weighted by Crippen LogP contribution is 2.36. The van der Waals surface area contributed by atoms with Crippen molar-refractivity contribution >= 4 is 0 Å². The zero-order valence-electron chi connectivity index (χ0n) is 12.1. The maximum atomic E-state index is 3.85. The van der Waals surface area contributed by atoms with Gasteiger partial charge in [0.2, 0.25) is 0 Å². The fourth-order valence-electron chi connectivity index (χ4n) is 4.80. The minimum atomic E-state index is 0.508. The van der Waals surface area contributed by atoms with Gasteiger partial charge in [0.15, 0.2) is 0 Å². The van der Waals surface area contributed by atoms with E-state index < -0.39 is 0 Å². The van der Waals surface area contributed by atoms with Crippen molar-refractivity contribution < 1.29 is 0 Å². The second-order valence-electron chi connectivity index (χ2n) is 6.90. The zero-order chi connectivity index (χ0) is 12.4. The van der Waals surface area contributed by atoms with Crippen molar-refractivity contribution in [3.63, 3.8) is 0 Å². The Bertz CT molecular complexity index is 270. The third-order valence-electron chi connectivity index (χ3n) is 5.83. The first-order chi connectivity index (χ1) is 8.83. The van der Waals surface area contributed by atoms with Gasteiger partial charge in [0.1, 0.15) is 0 Å². The molecule has 1 N–H and O–H groups in total. The van der Waals surface area contributed by atoms with E-state index in [0.29, 0.717) is 5.54 Å². The van der Waals surface area contributed by atoms with E-state index >= 15 is 0 Å². The normalized spacial score (nSPS) is 37.2. The minimum absolute atomic E-state index is 0.508. The molecule has 1 spiro atoms. The van der Waals surface area contributed by atoms with Crippen LogP contribution in [0.1, 0.15) is 64.7 Å². The summed E-state index contributed by atoms with van der Waals surface area (Å²) in [5.74, 6) is 0.982. The van der Waals surface area contributed by atoms with Crippen LogP contribution in [-0.2, 0) is 0 Å². The van der Waals surface area contributed by atoms with Crippen LogP contribution < -0.4 is 5.32 Å². The molecule has 2 heteroatoms. The topological polar surface area (TPSA) is 15.3 Å². The number of piperazine rings is 1. The smallest absolute Gasteiger partial charge is 0.0309 e. The van der Waals surface area contributed by atoms with Crippen LogP contribution in [0.5, 0.6) is 0 Å². The van der Waals surface area contributed by atoms with Gasteiger partial charge in [0, 0.05) is 31.2 Å². The summed E-state index contributed by atoms with van der Waals surface area (Å²) in [6.45, 7) is 6.26. The molecule has 18 heavy (non-hydrogen) atoms. The average Bonchev–Trinajstić information content (AvgIpc) is 2.86.